The minimum Gasteiger partial charge on any atom is -0.484 e. The molecule has 0 N–H and O–H groups in total. The minimum absolute atomic E-state index is 0.0317. The van der Waals surface area contributed by atoms with Crippen LogP contribution in [0.15, 0.2) is 62.3 Å². The predicted octanol–water partition coefficient (Wildman–Crippen LogP) is 3.87. The van der Waals surface area contributed by atoms with Crippen LogP contribution in [0, 0.1) is 12.7 Å². The zero-order valence-electron chi connectivity index (χ0n) is 13.7. The second-order valence-electron chi connectivity index (χ2n) is 5.72. The fraction of sp³-hybridized carbons (Fsp3) is 0.105. The fourth-order valence-corrected chi connectivity index (χ4v) is 2.44. The molecule has 0 aliphatic heterocycles. The first kappa shape index (κ1) is 16.0. The quantitative estimate of drug-likeness (QED) is 0.519. The van der Waals surface area contributed by atoms with Gasteiger partial charge in [-0.3, -0.25) is 0 Å². The number of fused-ring (bicyclic) bond motifs is 1. The van der Waals surface area contributed by atoms with Crippen LogP contribution in [-0.2, 0) is 6.61 Å². The molecule has 6 nitrogen and oxygen atoms in total. The van der Waals surface area contributed by atoms with Crippen LogP contribution in [0.1, 0.15) is 11.5 Å². The molecular weight excluding hydrogens is 339 g/mol. The van der Waals surface area contributed by atoms with Crippen molar-refractivity contribution in [1.29, 1.82) is 0 Å². The van der Waals surface area contributed by atoms with Gasteiger partial charge in [-0.15, -0.1) is 0 Å². The molecule has 26 heavy (non-hydrogen) atoms. The molecule has 0 spiro atoms. The van der Waals surface area contributed by atoms with Gasteiger partial charge in [0.25, 0.3) is 5.89 Å². The number of hydrogen-bond acceptors (Lipinski definition) is 6. The van der Waals surface area contributed by atoms with Gasteiger partial charge in [0.2, 0.25) is 5.82 Å². The molecule has 0 saturated heterocycles. The summed E-state index contributed by atoms with van der Waals surface area (Å²) in [5.74, 6) is 0.693. The molecule has 0 bridgehead atoms. The Hall–Kier alpha value is -3.48. The Kier molecular flexibility index (Phi) is 3.96. The Labute approximate surface area is 146 Å². The third-order valence-electron chi connectivity index (χ3n) is 3.85. The third-order valence-corrected chi connectivity index (χ3v) is 3.85. The first-order valence-electron chi connectivity index (χ1n) is 7.84. The van der Waals surface area contributed by atoms with E-state index in [0.29, 0.717) is 22.5 Å². The Morgan fingerprint density at radius 2 is 1.96 bits per heavy atom. The fourth-order valence-electron chi connectivity index (χ4n) is 2.44. The van der Waals surface area contributed by atoms with Crippen LogP contribution in [0.3, 0.4) is 0 Å². The highest BCUT2D eigenvalue weighted by Crippen LogP contribution is 2.22. The molecule has 0 radical (unpaired) electrons. The van der Waals surface area contributed by atoms with Crippen LogP contribution in [-0.4, -0.2) is 10.1 Å². The van der Waals surface area contributed by atoms with Gasteiger partial charge in [0.1, 0.15) is 17.1 Å². The molecule has 0 amide bonds. The van der Waals surface area contributed by atoms with E-state index in [1.807, 2.05) is 0 Å². The molecule has 4 rings (SSSR count). The summed E-state index contributed by atoms with van der Waals surface area (Å²) in [6.07, 6.45) is 0. The van der Waals surface area contributed by atoms with Gasteiger partial charge in [0.05, 0.1) is 0 Å². The molecular formula is C19H13FN2O4. The Morgan fingerprint density at radius 1 is 1.12 bits per heavy atom. The zero-order valence-corrected chi connectivity index (χ0v) is 13.7. The van der Waals surface area contributed by atoms with Crippen molar-refractivity contribution in [2.45, 2.75) is 13.5 Å². The van der Waals surface area contributed by atoms with Crippen molar-refractivity contribution in [3.05, 3.63) is 76.2 Å². The van der Waals surface area contributed by atoms with E-state index in [9.17, 15) is 9.18 Å². The van der Waals surface area contributed by atoms with Gasteiger partial charge in [-0.05, 0) is 36.8 Å². The summed E-state index contributed by atoms with van der Waals surface area (Å²) in [4.78, 5) is 15.5. The Balaban J connectivity index is 1.51. The zero-order chi connectivity index (χ0) is 18.1. The summed E-state index contributed by atoms with van der Waals surface area (Å²) >= 11 is 0. The number of benzene rings is 2. The van der Waals surface area contributed by atoms with Gasteiger partial charge in [-0.25, -0.2) is 9.18 Å². The summed E-state index contributed by atoms with van der Waals surface area (Å²) in [5, 5.41) is 4.63. The summed E-state index contributed by atoms with van der Waals surface area (Å²) in [6, 6.07) is 12.9. The van der Waals surface area contributed by atoms with Gasteiger partial charge >= 0.3 is 5.63 Å². The molecule has 7 heteroatoms. The maximum atomic E-state index is 13.7. The monoisotopic (exact) mass is 352 g/mol. The van der Waals surface area contributed by atoms with E-state index >= 15 is 0 Å². The molecule has 2 aromatic carbocycles. The van der Waals surface area contributed by atoms with Gasteiger partial charge in [-0.2, -0.15) is 4.98 Å². The normalized spacial score (nSPS) is 11.0. The van der Waals surface area contributed by atoms with E-state index in [-0.39, 0.29) is 24.1 Å². The average molecular weight is 352 g/mol. The van der Waals surface area contributed by atoms with Crippen LogP contribution in [0.5, 0.6) is 5.75 Å². The number of aromatic nitrogens is 2. The van der Waals surface area contributed by atoms with Crippen molar-refractivity contribution in [1.82, 2.24) is 10.1 Å². The second kappa shape index (κ2) is 6.44. The summed E-state index contributed by atoms with van der Waals surface area (Å²) < 4.78 is 29.5. The van der Waals surface area contributed by atoms with E-state index in [0.717, 1.165) is 5.39 Å². The first-order valence-corrected chi connectivity index (χ1v) is 7.84. The number of rotatable bonds is 4. The van der Waals surface area contributed by atoms with Crippen LogP contribution < -0.4 is 10.4 Å². The van der Waals surface area contributed by atoms with Crippen molar-refractivity contribution >= 4 is 11.0 Å². The highest BCUT2D eigenvalue weighted by molar-refractivity contribution is 5.77. The Bertz CT molecular complexity index is 1150. The summed E-state index contributed by atoms with van der Waals surface area (Å²) in [7, 11) is 0. The lowest BCUT2D eigenvalue weighted by Crippen LogP contribution is -1.97. The molecule has 2 aromatic heterocycles. The number of halogens is 1. The highest BCUT2D eigenvalue weighted by Gasteiger charge is 2.11. The van der Waals surface area contributed by atoms with Crippen LogP contribution in [0.2, 0.25) is 0 Å². The van der Waals surface area contributed by atoms with E-state index in [1.54, 1.807) is 43.3 Å². The maximum absolute atomic E-state index is 13.7. The minimum atomic E-state index is -0.429. The SMILES string of the molecule is Cc1ccc(-c2noc(COc3ccc4ccc(=O)oc4c3)n2)cc1F. The van der Waals surface area contributed by atoms with E-state index in [2.05, 4.69) is 10.1 Å². The molecule has 0 unspecified atom stereocenters. The third kappa shape index (κ3) is 3.19. The second-order valence-corrected chi connectivity index (χ2v) is 5.72. The standard InChI is InChI=1S/C19H13FN2O4/c1-11-2-3-13(8-15(11)20)19-21-17(26-22-19)10-24-14-6-4-12-5-7-18(23)25-16(12)9-14/h2-9H,10H2,1H3. The topological polar surface area (TPSA) is 78.4 Å². The number of hydrogen-bond donors (Lipinski definition) is 0. The highest BCUT2D eigenvalue weighted by atomic mass is 19.1. The van der Waals surface area contributed by atoms with E-state index in [4.69, 9.17) is 13.7 Å². The first-order chi connectivity index (χ1) is 12.6. The van der Waals surface area contributed by atoms with E-state index in [1.165, 1.54) is 12.1 Å². The van der Waals surface area contributed by atoms with Crippen molar-refractivity contribution in [3.8, 4) is 17.1 Å². The smallest absolute Gasteiger partial charge is 0.336 e. The lowest BCUT2D eigenvalue weighted by molar-refractivity contribution is 0.243. The van der Waals surface area contributed by atoms with E-state index < -0.39 is 5.63 Å². The summed E-state index contributed by atoms with van der Waals surface area (Å²) in [5.41, 5.74) is 1.07. The number of aryl methyl sites for hydroxylation is 1. The van der Waals surface area contributed by atoms with Gasteiger partial charge in [0.15, 0.2) is 6.61 Å². The largest absolute Gasteiger partial charge is 0.484 e. The molecule has 0 saturated carbocycles. The van der Waals surface area contributed by atoms with Crippen molar-refractivity contribution in [2.24, 2.45) is 0 Å². The molecule has 0 aliphatic carbocycles. The number of nitrogens with zero attached hydrogens (tertiary/aromatic N) is 2. The summed E-state index contributed by atoms with van der Waals surface area (Å²) in [6.45, 7) is 1.71. The number of ether oxygens (including phenoxy) is 1. The molecule has 130 valence electrons. The molecule has 4 aromatic rings. The van der Waals surface area contributed by atoms with Gasteiger partial charge in [-0.1, -0.05) is 17.3 Å². The van der Waals surface area contributed by atoms with Crippen LogP contribution in [0.4, 0.5) is 4.39 Å². The maximum Gasteiger partial charge on any atom is 0.336 e. The Morgan fingerprint density at radius 3 is 2.81 bits per heavy atom. The van der Waals surface area contributed by atoms with Crippen molar-refractivity contribution in [3.63, 3.8) is 0 Å². The van der Waals surface area contributed by atoms with Crippen LogP contribution >= 0.6 is 0 Å². The molecule has 0 atom stereocenters. The lowest BCUT2D eigenvalue weighted by atomic mass is 10.1. The van der Waals surface area contributed by atoms with Gasteiger partial charge in [0, 0.05) is 23.1 Å². The van der Waals surface area contributed by atoms with Crippen molar-refractivity contribution < 1.29 is 18.1 Å². The van der Waals surface area contributed by atoms with Crippen molar-refractivity contribution in [2.75, 3.05) is 0 Å². The molecule has 2 heterocycles. The average Bonchev–Trinajstić information content (AvgIpc) is 3.11. The lowest BCUT2D eigenvalue weighted by Gasteiger charge is -2.03. The molecule has 0 aliphatic rings. The van der Waals surface area contributed by atoms with Gasteiger partial charge < -0.3 is 13.7 Å². The molecule has 0 fully saturated rings. The predicted molar refractivity (Wildman–Crippen MR) is 91.2 cm³/mol. The van der Waals surface area contributed by atoms with Crippen LogP contribution in [0.25, 0.3) is 22.4 Å².